The Morgan fingerprint density at radius 3 is 2.35 bits per heavy atom. The van der Waals surface area contributed by atoms with Crippen molar-refractivity contribution in [3.05, 3.63) is 0 Å². The van der Waals surface area contributed by atoms with Gasteiger partial charge in [0.05, 0.1) is 0 Å². The third-order valence-corrected chi connectivity index (χ3v) is 6.42. The summed E-state index contributed by atoms with van der Waals surface area (Å²) in [6, 6.07) is 0.457. The fraction of sp³-hybridized carbons (Fsp3) is 0.941. The smallest absolute Gasteiger partial charge is 0.226 e. The summed E-state index contributed by atoms with van der Waals surface area (Å²) in [6.07, 6.45) is 7.99. The summed E-state index contributed by atoms with van der Waals surface area (Å²) in [7, 11) is 0. The first kappa shape index (κ1) is 13.1. The van der Waals surface area contributed by atoms with Crippen molar-refractivity contribution in [1.82, 2.24) is 10.2 Å². The van der Waals surface area contributed by atoms with E-state index in [1.807, 2.05) is 0 Å². The average molecular weight is 276 g/mol. The van der Waals surface area contributed by atoms with Crippen LogP contribution >= 0.6 is 0 Å². The first-order valence-corrected chi connectivity index (χ1v) is 8.73. The van der Waals surface area contributed by atoms with Crippen LogP contribution in [0.3, 0.4) is 0 Å². The van der Waals surface area contributed by atoms with E-state index in [1.54, 1.807) is 0 Å². The van der Waals surface area contributed by atoms with Crippen LogP contribution < -0.4 is 5.32 Å². The molecule has 5 fully saturated rings. The highest BCUT2D eigenvalue weighted by Gasteiger charge is 2.51. The van der Waals surface area contributed by atoms with Crippen LogP contribution in [0, 0.1) is 29.6 Å². The maximum absolute atomic E-state index is 13.1. The van der Waals surface area contributed by atoms with Gasteiger partial charge in [-0.05, 0) is 75.7 Å². The molecular weight excluding hydrogens is 248 g/mol. The number of rotatable bonds is 1. The lowest BCUT2D eigenvalue weighted by molar-refractivity contribution is -0.149. The molecule has 3 nitrogen and oxygen atoms in total. The molecule has 1 amide bonds. The minimum atomic E-state index is 0.382. The Morgan fingerprint density at radius 1 is 1.05 bits per heavy atom. The molecule has 1 N–H and O–H groups in total. The average Bonchev–Trinajstić information content (AvgIpc) is 2.62. The van der Waals surface area contributed by atoms with E-state index < -0.39 is 0 Å². The summed E-state index contributed by atoms with van der Waals surface area (Å²) in [5.41, 5.74) is 0. The van der Waals surface area contributed by atoms with Gasteiger partial charge in [0.1, 0.15) is 0 Å². The van der Waals surface area contributed by atoms with Crippen LogP contribution in [0.25, 0.3) is 0 Å². The Labute approximate surface area is 122 Å². The van der Waals surface area contributed by atoms with E-state index in [0.717, 1.165) is 49.7 Å². The van der Waals surface area contributed by atoms with Gasteiger partial charge in [-0.3, -0.25) is 4.79 Å². The van der Waals surface area contributed by atoms with Crippen LogP contribution in [0.4, 0.5) is 0 Å². The highest BCUT2D eigenvalue weighted by atomic mass is 16.2. The van der Waals surface area contributed by atoms with E-state index in [2.05, 4.69) is 17.1 Å². The van der Waals surface area contributed by atoms with Crippen LogP contribution in [0.15, 0.2) is 0 Å². The van der Waals surface area contributed by atoms with E-state index in [-0.39, 0.29) is 0 Å². The number of hydrogen-bond acceptors (Lipinski definition) is 2. The van der Waals surface area contributed by atoms with Crippen molar-refractivity contribution < 1.29 is 4.79 Å². The Morgan fingerprint density at radius 2 is 1.70 bits per heavy atom. The molecule has 4 aliphatic carbocycles. The maximum Gasteiger partial charge on any atom is 0.226 e. The largest absolute Gasteiger partial charge is 0.341 e. The number of carbonyl (C=O) groups is 1. The fourth-order valence-corrected chi connectivity index (χ4v) is 5.84. The normalized spacial score (nSPS) is 47.4. The van der Waals surface area contributed by atoms with Crippen molar-refractivity contribution in [3.63, 3.8) is 0 Å². The van der Waals surface area contributed by atoms with Crippen LogP contribution in [-0.4, -0.2) is 36.5 Å². The number of amides is 1. The molecular formula is C17H28N2O. The minimum Gasteiger partial charge on any atom is -0.341 e. The molecule has 112 valence electrons. The van der Waals surface area contributed by atoms with Gasteiger partial charge in [-0.15, -0.1) is 0 Å². The lowest BCUT2D eigenvalue weighted by Gasteiger charge is -2.54. The molecule has 1 atom stereocenters. The van der Waals surface area contributed by atoms with Crippen LogP contribution in [-0.2, 0) is 4.79 Å². The van der Waals surface area contributed by atoms with E-state index in [9.17, 15) is 4.79 Å². The number of carbonyl (C=O) groups excluding carboxylic acids is 1. The van der Waals surface area contributed by atoms with Crippen molar-refractivity contribution >= 4 is 5.91 Å². The van der Waals surface area contributed by atoms with Gasteiger partial charge in [0.25, 0.3) is 0 Å². The second-order valence-corrected chi connectivity index (χ2v) is 7.95. The molecule has 4 saturated carbocycles. The zero-order valence-electron chi connectivity index (χ0n) is 12.7. The second-order valence-electron chi connectivity index (χ2n) is 7.95. The third-order valence-electron chi connectivity index (χ3n) is 6.42. The monoisotopic (exact) mass is 276 g/mol. The zero-order valence-corrected chi connectivity index (χ0v) is 12.7. The van der Waals surface area contributed by atoms with Gasteiger partial charge in [0, 0.05) is 25.0 Å². The number of hydrogen-bond donors (Lipinski definition) is 1. The van der Waals surface area contributed by atoms with Crippen molar-refractivity contribution in [2.24, 2.45) is 29.6 Å². The molecule has 0 radical (unpaired) electrons. The van der Waals surface area contributed by atoms with E-state index in [4.69, 9.17) is 0 Å². The van der Waals surface area contributed by atoms with Crippen molar-refractivity contribution in [3.8, 4) is 0 Å². The Hall–Kier alpha value is -0.570. The summed E-state index contributed by atoms with van der Waals surface area (Å²) in [4.78, 5) is 15.3. The molecule has 1 unspecified atom stereocenters. The molecule has 4 bridgehead atoms. The molecule has 0 aromatic heterocycles. The minimum absolute atomic E-state index is 0.382. The second kappa shape index (κ2) is 5.01. The van der Waals surface area contributed by atoms with Gasteiger partial charge < -0.3 is 10.2 Å². The van der Waals surface area contributed by atoms with Crippen LogP contribution in [0.2, 0.25) is 0 Å². The van der Waals surface area contributed by atoms with Crippen molar-refractivity contribution in [2.75, 3.05) is 19.6 Å². The van der Waals surface area contributed by atoms with Gasteiger partial charge in [-0.1, -0.05) is 0 Å². The maximum atomic E-state index is 13.1. The van der Waals surface area contributed by atoms with Gasteiger partial charge in [0.15, 0.2) is 0 Å². The Bertz CT molecular complexity index is 366. The standard InChI is InChI=1S/C17H28N2O/c1-11-10-19(4-2-3-18-11)17(20)16-14-6-12-5-13(8-14)9-15(16)7-12/h11-16,18H,2-10H2,1H3. The van der Waals surface area contributed by atoms with Gasteiger partial charge in [0.2, 0.25) is 5.91 Å². The quantitative estimate of drug-likeness (QED) is 0.797. The van der Waals surface area contributed by atoms with Crippen LogP contribution in [0.1, 0.15) is 45.4 Å². The lowest BCUT2D eigenvalue weighted by atomic mass is 9.51. The molecule has 5 rings (SSSR count). The fourth-order valence-electron chi connectivity index (χ4n) is 5.84. The number of nitrogens with one attached hydrogen (secondary N) is 1. The summed E-state index contributed by atoms with van der Waals surface area (Å²) in [5, 5.41) is 3.50. The lowest BCUT2D eigenvalue weighted by Crippen LogP contribution is -2.53. The van der Waals surface area contributed by atoms with E-state index >= 15 is 0 Å². The van der Waals surface area contributed by atoms with Crippen molar-refractivity contribution in [1.29, 1.82) is 0 Å². The number of nitrogens with zero attached hydrogens (tertiary/aromatic N) is 1. The predicted molar refractivity (Wildman–Crippen MR) is 79.2 cm³/mol. The topological polar surface area (TPSA) is 32.3 Å². The first-order chi connectivity index (χ1) is 9.70. The molecule has 1 saturated heterocycles. The summed E-state index contributed by atoms with van der Waals surface area (Å²) in [5.74, 6) is 4.27. The van der Waals surface area contributed by atoms with Gasteiger partial charge in [-0.2, -0.15) is 0 Å². The molecule has 1 heterocycles. The zero-order chi connectivity index (χ0) is 13.7. The Balaban J connectivity index is 1.50. The molecule has 0 spiro atoms. The van der Waals surface area contributed by atoms with Crippen molar-refractivity contribution in [2.45, 2.75) is 51.5 Å². The predicted octanol–water partition coefficient (Wildman–Crippen LogP) is 2.27. The van der Waals surface area contributed by atoms with Gasteiger partial charge >= 0.3 is 0 Å². The van der Waals surface area contributed by atoms with E-state index in [0.29, 0.717) is 17.9 Å². The summed E-state index contributed by atoms with van der Waals surface area (Å²) >= 11 is 0. The molecule has 0 aromatic rings. The third kappa shape index (κ3) is 2.18. The van der Waals surface area contributed by atoms with Gasteiger partial charge in [-0.25, -0.2) is 0 Å². The molecule has 1 aliphatic heterocycles. The molecule has 5 aliphatic rings. The summed E-state index contributed by atoms with van der Waals surface area (Å²) < 4.78 is 0. The van der Waals surface area contributed by atoms with E-state index in [1.165, 1.54) is 32.1 Å². The summed E-state index contributed by atoms with van der Waals surface area (Å²) in [6.45, 7) is 5.16. The highest BCUT2D eigenvalue weighted by Crippen LogP contribution is 2.56. The SMILES string of the molecule is CC1CN(C(=O)C2C3CC4CC(C3)CC2C4)CCCN1. The van der Waals surface area contributed by atoms with Crippen LogP contribution in [0.5, 0.6) is 0 Å². The molecule has 20 heavy (non-hydrogen) atoms. The first-order valence-electron chi connectivity index (χ1n) is 8.73. The Kier molecular flexibility index (Phi) is 3.29. The molecule has 3 heteroatoms. The highest BCUT2D eigenvalue weighted by molar-refractivity contribution is 5.80. The molecule has 0 aromatic carbocycles.